The van der Waals surface area contributed by atoms with Crippen molar-refractivity contribution in [2.24, 2.45) is 0 Å². The molecule has 13 rings (SSSR count). The zero-order chi connectivity index (χ0) is 67.9. The van der Waals surface area contributed by atoms with Crippen LogP contribution in [-0.2, 0) is 92.9 Å². The first-order valence-corrected chi connectivity index (χ1v) is 34.4. The van der Waals surface area contributed by atoms with Crippen molar-refractivity contribution >= 4 is 84.8 Å². The highest BCUT2D eigenvalue weighted by Gasteiger charge is 2.27. The molecule has 1 heterocycles. The van der Waals surface area contributed by atoms with Crippen LogP contribution in [-0.4, -0.2) is 52.2 Å². The monoisotopic (exact) mass is 1370 g/mol. The van der Waals surface area contributed by atoms with Gasteiger partial charge in [-0.1, -0.05) is 253 Å². The molecule has 0 aliphatic carbocycles. The zero-order valence-corrected chi connectivity index (χ0v) is 57.0. The van der Waals surface area contributed by atoms with Gasteiger partial charge in [-0.25, -0.2) is 0 Å². The van der Waals surface area contributed by atoms with Crippen LogP contribution in [0.4, 0.5) is 0 Å². The Balaban J connectivity index is 0.922. The van der Waals surface area contributed by atoms with Crippen LogP contribution in [0.5, 0.6) is 17.2 Å². The van der Waals surface area contributed by atoms with Crippen molar-refractivity contribution < 1.29 is 28.6 Å². The summed E-state index contributed by atoms with van der Waals surface area (Å²) in [5.74, 6) is 0.548. The molecule has 15 heteroatoms. The second-order valence-corrected chi connectivity index (χ2v) is 26.5. The molecule has 12 nitrogen and oxygen atoms in total. The maximum absolute atomic E-state index is 14.3. The average molecular weight is 1370 g/mol. The highest BCUT2D eigenvalue weighted by Crippen LogP contribution is 2.39. The van der Waals surface area contributed by atoms with E-state index < -0.39 is 0 Å². The third-order valence-corrected chi connectivity index (χ3v) is 18.5. The van der Waals surface area contributed by atoms with E-state index in [-0.39, 0.29) is 76.8 Å². The zero-order valence-electron chi connectivity index (χ0n) is 54.8. The fourth-order valence-corrected chi connectivity index (χ4v) is 14.1. The van der Waals surface area contributed by atoms with E-state index in [0.29, 0.717) is 71.6 Å². The van der Waals surface area contributed by atoms with Crippen LogP contribution in [0.1, 0.15) is 66.8 Å². The second kappa shape index (κ2) is 32.6. The van der Waals surface area contributed by atoms with E-state index in [4.69, 9.17) is 49.0 Å². The van der Waals surface area contributed by atoms with Gasteiger partial charge in [-0.15, -0.1) is 0 Å². The molecule has 0 saturated heterocycles. The van der Waals surface area contributed by atoms with Gasteiger partial charge in [0.2, 0.25) is 0 Å². The third kappa shape index (κ3) is 17.8. The SMILES string of the molecule is O=C(COc1c2cc(Cl)cc1CN(Cc1ccccc1)Cc1cc(Cl)cc(c1OCC(=O)NCc1cccc3ccccc13)CN(Cc1ccccc1)Cc1cc(Cl)cc(c1OCC(=O)NCc1cccc3ccccc13)CN(Cc1ccccc1)C2)NCc1cccc2ccccc12. The van der Waals surface area contributed by atoms with Crippen molar-refractivity contribution in [1.29, 1.82) is 0 Å². The number of benzene rings is 12. The maximum Gasteiger partial charge on any atom is 0.258 e. The summed E-state index contributed by atoms with van der Waals surface area (Å²) in [5.41, 5.74) is 10.4. The number of halogens is 3. The Bertz CT molecular complexity index is 4250. The Morgan fingerprint density at radius 3 is 0.798 bits per heavy atom. The summed E-state index contributed by atoms with van der Waals surface area (Å²) in [6, 6.07) is 84.7. The molecule has 0 saturated carbocycles. The summed E-state index contributed by atoms with van der Waals surface area (Å²) in [5, 5.41) is 17.2. The van der Waals surface area contributed by atoms with Gasteiger partial charge in [0, 0.05) is 127 Å². The van der Waals surface area contributed by atoms with Gasteiger partial charge in [-0.05, 0) is 102 Å². The van der Waals surface area contributed by atoms with Crippen LogP contribution in [0.2, 0.25) is 15.1 Å². The van der Waals surface area contributed by atoms with Crippen molar-refractivity contribution in [2.45, 2.75) is 78.5 Å². The lowest BCUT2D eigenvalue weighted by atomic mass is 10.0. The Kier molecular flexibility index (Phi) is 22.2. The van der Waals surface area contributed by atoms with Crippen molar-refractivity contribution in [3.05, 3.63) is 337 Å². The predicted molar refractivity (Wildman–Crippen MR) is 396 cm³/mol. The number of amides is 3. The fourth-order valence-electron chi connectivity index (χ4n) is 13.4. The predicted octanol–water partition coefficient (Wildman–Crippen LogP) is 17.1. The average Bonchev–Trinajstić information content (AvgIpc) is 0.879. The minimum absolute atomic E-state index is 0.277. The van der Waals surface area contributed by atoms with E-state index in [0.717, 1.165) is 99.1 Å². The highest BCUT2D eigenvalue weighted by molar-refractivity contribution is 6.31. The van der Waals surface area contributed by atoms with Gasteiger partial charge in [-0.2, -0.15) is 0 Å². The third-order valence-electron chi connectivity index (χ3n) is 17.8. The number of carbonyl (C=O) groups excluding carboxylic acids is 3. The first-order valence-electron chi connectivity index (χ1n) is 33.3. The van der Waals surface area contributed by atoms with Crippen LogP contribution in [0.3, 0.4) is 0 Å². The van der Waals surface area contributed by atoms with Gasteiger partial charge >= 0.3 is 0 Å². The number of hydrogen-bond donors (Lipinski definition) is 3. The quantitative estimate of drug-likeness (QED) is 0.0645. The lowest BCUT2D eigenvalue weighted by Crippen LogP contribution is -2.31. The van der Waals surface area contributed by atoms with Gasteiger partial charge in [0.15, 0.2) is 19.8 Å². The molecule has 6 bridgehead atoms. The minimum atomic E-state index is -0.309. The molecule has 99 heavy (non-hydrogen) atoms. The molecule has 0 fully saturated rings. The van der Waals surface area contributed by atoms with Crippen LogP contribution in [0, 0.1) is 0 Å². The number of ether oxygens (including phenoxy) is 3. The molecule has 498 valence electrons. The number of nitrogens with zero attached hydrogens (tertiary/aromatic N) is 3. The molecule has 0 atom stereocenters. The van der Waals surface area contributed by atoms with Crippen LogP contribution < -0.4 is 30.2 Å². The molecule has 1 aliphatic rings. The van der Waals surface area contributed by atoms with Crippen LogP contribution >= 0.6 is 34.8 Å². The molecule has 0 aromatic heterocycles. The first-order chi connectivity index (χ1) is 48.5. The molecule has 0 spiro atoms. The topological polar surface area (TPSA) is 125 Å². The van der Waals surface area contributed by atoms with E-state index in [9.17, 15) is 14.4 Å². The minimum Gasteiger partial charge on any atom is -0.483 e. The maximum atomic E-state index is 14.3. The van der Waals surface area contributed by atoms with Gasteiger partial charge < -0.3 is 30.2 Å². The van der Waals surface area contributed by atoms with Gasteiger partial charge in [0.1, 0.15) is 17.2 Å². The van der Waals surface area contributed by atoms with Crippen molar-refractivity contribution in [1.82, 2.24) is 30.7 Å². The van der Waals surface area contributed by atoms with Crippen molar-refractivity contribution in [3.8, 4) is 17.2 Å². The standard InChI is InChI=1S/C84H75Cl3N6O6/c85-73-37-67-49-91(46-58-19-4-1-5-20-58)50-68-38-74(86)40-70(83(68)98-56-80(95)89-44-65-32-17-29-62-26-11-14-35-77(62)65)52-93(48-60-23-8-3-9-24-60)54-72-42-75(87)41-71(84(72)99-57-81(96)90-45-66-33-18-30-63-27-12-15-36-78(63)66)53-92(47-59-21-6-2-7-22-59)51-69(39-73)82(67)97-55-79(94)88-43-64-31-16-28-61-25-10-13-34-76(61)64/h1-42H,43-57H2,(H,88,94)(H,89,95)(H,90,96). The summed E-state index contributed by atoms with van der Waals surface area (Å²) in [7, 11) is 0. The van der Waals surface area contributed by atoms with E-state index in [1.165, 1.54) is 0 Å². The van der Waals surface area contributed by atoms with Gasteiger partial charge in [-0.3, -0.25) is 29.1 Å². The molecule has 1 aliphatic heterocycles. The molecule has 3 N–H and O–H groups in total. The van der Waals surface area contributed by atoms with E-state index >= 15 is 0 Å². The van der Waals surface area contributed by atoms with Crippen LogP contribution in [0.15, 0.2) is 255 Å². The molecule has 12 aromatic carbocycles. The Morgan fingerprint density at radius 2 is 0.535 bits per heavy atom. The second-order valence-electron chi connectivity index (χ2n) is 25.2. The molecule has 0 unspecified atom stereocenters. The summed E-state index contributed by atoms with van der Waals surface area (Å²) in [4.78, 5) is 49.9. The Labute approximate surface area is 592 Å². The van der Waals surface area contributed by atoms with E-state index in [1.807, 2.05) is 164 Å². The van der Waals surface area contributed by atoms with Gasteiger partial charge in [0.25, 0.3) is 17.7 Å². The van der Waals surface area contributed by atoms with E-state index in [1.54, 1.807) is 0 Å². The lowest BCUT2D eigenvalue weighted by Gasteiger charge is -2.30. The molecule has 0 radical (unpaired) electrons. The molecule has 12 aromatic rings. The normalized spacial score (nSPS) is 13.1. The van der Waals surface area contributed by atoms with Crippen LogP contribution in [0.25, 0.3) is 32.3 Å². The largest absolute Gasteiger partial charge is 0.483 e. The van der Waals surface area contributed by atoms with Gasteiger partial charge in [0.05, 0.1) is 0 Å². The Hall–Kier alpha value is -10.0. The smallest absolute Gasteiger partial charge is 0.258 e. The fraction of sp³-hybridized carbons (Fsp3) is 0.179. The van der Waals surface area contributed by atoms with E-state index in [2.05, 4.69) is 122 Å². The molecular weight excluding hydrogens is 1300 g/mol. The summed E-state index contributed by atoms with van der Waals surface area (Å²) in [6.07, 6.45) is 0. The number of fused-ring (bicyclic) bond motifs is 9. The highest BCUT2D eigenvalue weighted by atomic mass is 35.5. The Morgan fingerprint density at radius 1 is 0.303 bits per heavy atom. The number of carbonyl (C=O) groups is 3. The number of rotatable bonds is 21. The summed E-state index contributed by atoms with van der Waals surface area (Å²) < 4.78 is 20.9. The molecular formula is C84H75Cl3N6O6. The molecule has 3 amide bonds. The summed E-state index contributed by atoms with van der Waals surface area (Å²) in [6.45, 7) is 2.99. The van der Waals surface area contributed by atoms with Crippen molar-refractivity contribution in [2.75, 3.05) is 19.8 Å². The first kappa shape index (κ1) is 67.5. The lowest BCUT2D eigenvalue weighted by molar-refractivity contribution is -0.124. The van der Waals surface area contributed by atoms with Crippen molar-refractivity contribution in [3.63, 3.8) is 0 Å². The summed E-state index contributed by atoms with van der Waals surface area (Å²) >= 11 is 22.2. The number of hydrogen-bond acceptors (Lipinski definition) is 9. The number of nitrogens with one attached hydrogen (secondary N) is 3.